The van der Waals surface area contributed by atoms with Crippen LogP contribution in [0.1, 0.15) is 0 Å². The Balaban J connectivity index is 2.35. The number of rotatable bonds is 3. The summed E-state index contributed by atoms with van der Waals surface area (Å²) in [4.78, 5) is 21.8. The number of carbonyl (C=O) groups excluding carboxylic acids is 2. The van der Waals surface area contributed by atoms with Crippen LogP contribution in [-0.4, -0.2) is 39.6 Å². The Labute approximate surface area is 90.2 Å². The zero-order chi connectivity index (χ0) is 11.3. The fourth-order valence-electron chi connectivity index (χ4n) is 0.734. The Bertz CT molecular complexity index is 365. The molecule has 0 saturated carbocycles. The lowest BCUT2D eigenvalue weighted by Crippen LogP contribution is -2.31. The first-order valence-corrected chi connectivity index (χ1v) is 4.96. The molecule has 82 valence electrons. The summed E-state index contributed by atoms with van der Waals surface area (Å²) in [6, 6.07) is 0. The first kappa shape index (κ1) is 11.5. The van der Waals surface area contributed by atoms with Crippen LogP contribution in [0, 0.1) is 0 Å². The van der Waals surface area contributed by atoms with E-state index in [0.717, 1.165) is 0 Å². The summed E-state index contributed by atoms with van der Waals surface area (Å²) in [7, 11) is 2.96. The molecule has 0 aliphatic heterocycles. The van der Waals surface area contributed by atoms with Crippen molar-refractivity contribution in [2.24, 2.45) is 7.05 Å². The van der Waals surface area contributed by atoms with Gasteiger partial charge in [0.15, 0.2) is 5.16 Å². The molecule has 0 aromatic carbocycles. The third-order valence-electron chi connectivity index (χ3n) is 1.43. The van der Waals surface area contributed by atoms with Crippen LogP contribution in [0.15, 0.2) is 11.5 Å². The smallest absolute Gasteiger partial charge is 0.413 e. The molecule has 0 radical (unpaired) electrons. The number of nitrogens with zero attached hydrogens (tertiary/aromatic N) is 3. The lowest BCUT2D eigenvalue weighted by Gasteiger charge is -2.01. The lowest BCUT2D eigenvalue weighted by atomic mass is 10.7. The van der Waals surface area contributed by atoms with E-state index in [-0.39, 0.29) is 5.75 Å². The predicted octanol–water partition coefficient (Wildman–Crippen LogP) is -0.210. The highest BCUT2D eigenvalue weighted by molar-refractivity contribution is 7.99. The van der Waals surface area contributed by atoms with Crippen LogP contribution in [0.3, 0.4) is 0 Å². The maximum absolute atomic E-state index is 11.1. The fraction of sp³-hybridized carbons (Fsp3) is 0.429. The van der Waals surface area contributed by atoms with Crippen LogP contribution in [-0.2, 0) is 16.6 Å². The molecule has 0 atom stereocenters. The Hall–Kier alpha value is -1.57. The van der Waals surface area contributed by atoms with Gasteiger partial charge in [0.25, 0.3) is 0 Å². The van der Waals surface area contributed by atoms with Crippen molar-refractivity contribution >= 4 is 23.8 Å². The summed E-state index contributed by atoms with van der Waals surface area (Å²) in [6.07, 6.45) is 0.763. The zero-order valence-electron chi connectivity index (χ0n) is 8.26. The number of hydrogen-bond acceptors (Lipinski definition) is 6. The summed E-state index contributed by atoms with van der Waals surface area (Å²) in [5.74, 6) is -0.350. The van der Waals surface area contributed by atoms with E-state index in [1.54, 1.807) is 11.6 Å². The monoisotopic (exact) mass is 230 g/mol. The normalized spacial score (nSPS) is 9.73. The van der Waals surface area contributed by atoms with Crippen LogP contribution < -0.4 is 5.32 Å². The highest BCUT2D eigenvalue weighted by Crippen LogP contribution is 2.12. The van der Waals surface area contributed by atoms with E-state index in [1.165, 1.54) is 25.2 Å². The van der Waals surface area contributed by atoms with E-state index in [9.17, 15) is 9.59 Å². The summed E-state index contributed by atoms with van der Waals surface area (Å²) in [5, 5.41) is 10.1. The molecule has 0 bridgehead atoms. The second kappa shape index (κ2) is 5.35. The molecule has 15 heavy (non-hydrogen) atoms. The molecule has 0 aliphatic carbocycles. The number of nitrogens with one attached hydrogen (secondary N) is 1. The van der Waals surface area contributed by atoms with Crippen LogP contribution in [0.4, 0.5) is 4.79 Å². The van der Waals surface area contributed by atoms with Crippen LogP contribution in [0.25, 0.3) is 0 Å². The Kier molecular flexibility index (Phi) is 4.10. The van der Waals surface area contributed by atoms with E-state index in [1.807, 2.05) is 5.32 Å². The number of imide groups is 1. The molecule has 1 aromatic heterocycles. The van der Waals surface area contributed by atoms with Crippen molar-refractivity contribution < 1.29 is 14.3 Å². The standard InChI is InChI=1S/C7H10N4O3S/c1-11-4-8-10-6(11)15-3-5(12)9-7(13)14-2/h4H,3H2,1-2H3,(H,9,12,13). The molecule has 1 heterocycles. The van der Waals surface area contributed by atoms with E-state index < -0.39 is 12.0 Å². The Morgan fingerprint density at radius 3 is 2.93 bits per heavy atom. The second-order valence-corrected chi connectivity index (χ2v) is 3.50. The van der Waals surface area contributed by atoms with Gasteiger partial charge in [-0.25, -0.2) is 4.79 Å². The summed E-state index contributed by atoms with van der Waals surface area (Å²) < 4.78 is 5.94. The molecule has 0 fully saturated rings. The van der Waals surface area contributed by atoms with Gasteiger partial charge in [0.05, 0.1) is 12.9 Å². The van der Waals surface area contributed by atoms with Gasteiger partial charge in [-0.15, -0.1) is 10.2 Å². The number of thioether (sulfide) groups is 1. The molecule has 7 nitrogen and oxygen atoms in total. The van der Waals surface area contributed by atoms with Gasteiger partial charge in [-0.2, -0.15) is 0 Å². The number of carbonyl (C=O) groups is 2. The highest BCUT2D eigenvalue weighted by atomic mass is 32.2. The summed E-state index contributed by atoms with van der Waals surface area (Å²) in [5.41, 5.74) is 0. The molecule has 0 unspecified atom stereocenters. The molecule has 0 saturated heterocycles. The maximum atomic E-state index is 11.1. The molecule has 8 heteroatoms. The van der Waals surface area contributed by atoms with Gasteiger partial charge in [-0.1, -0.05) is 11.8 Å². The van der Waals surface area contributed by atoms with E-state index >= 15 is 0 Å². The van der Waals surface area contributed by atoms with Crippen molar-refractivity contribution in [1.29, 1.82) is 0 Å². The van der Waals surface area contributed by atoms with Crippen molar-refractivity contribution in [2.45, 2.75) is 5.16 Å². The van der Waals surface area contributed by atoms with Crippen molar-refractivity contribution in [1.82, 2.24) is 20.1 Å². The Morgan fingerprint density at radius 2 is 2.40 bits per heavy atom. The number of hydrogen-bond donors (Lipinski definition) is 1. The van der Waals surface area contributed by atoms with Gasteiger partial charge in [-0.3, -0.25) is 10.1 Å². The number of ether oxygens (including phenoxy) is 1. The molecular weight excluding hydrogens is 220 g/mol. The van der Waals surface area contributed by atoms with Gasteiger partial charge in [0.2, 0.25) is 5.91 Å². The third kappa shape index (κ3) is 3.58. The number of amides is 2. The van der Waals surface area contributed by atoms with E-state index in [2.05, 4.69) is 14.9 Å². The average Bonchev–Trinajstić information content (AvgIpc) is 2.61. The van der Waals surface area contributed by atoms with Gasteiger partial charge in [0, 0.05) is 7.05 Å². The quantitative estimate of drug-likeness (QED) is 0.723. The minimum Gasteiger partial charge on any atom is -0.453 e. The zero-order valence-corrected chi connectivity index (χ0v) is 9.08. The van der Waals surface area contributed by atoms with Crippen LogP contribution in [0.5, 0.6) is 0 Å². The third-order valence-corrected chi connectivity index (χ3v) is 2.46. The molecule has 1 aromatic rings. The van der Waals surface area contributed by atoms with Gasteiger partial charge < -0.3 is 9.30 Å². The molecule has 1 N–H and O–H groups in total. The first-order valence-electron chi connectivity index (χ1n) is 3.98. The summed E-state index contributed by atoms with van der Waals surface area (Å²) >= 11 is 1.18. The SMILES string of the molecule is COC(=O)NC(=O)CSc1nncn1C. The average molecular weight is 230 g/mol. The van der Waals surface area contributed by atoms with Gasteiger partial charge >= 0.3 is 6.09 Å². The van der Waals surface area contributed by atoms with Crippen molar-refractivity contribution in [2.75, 3.05) is 12.9 Å². The topological polar surface area (TPSA) is 86.1 Å². The molecule has 0 spiro atoms. The second-order valence-electron chi connectivity index (χ2n) is 2.55. The minimum atomic E-state index is -0.765. The number of aryl methyl sites for hydroxylation is 1. The van der Waals surface area contributed by atoms with Crippen molar-refractivity contribution in [3.8, 4) is 0 Å². The minimum absolute atomic E-state index is 0.0850. The maximum Gasteiger partial charge on any atom is 0.413 e. The fourth-order valence-corrected chi connectivity index (χ4v) is 1.42. The Morgan fingerprint density at radius 1 is 1.67 bits per heavy atom. The number of methoxy groups -OCH3 is 1. The molecule has 0 aliphatic rings. The number of aromatic nitrogens is 3. The molecule has 1 rings (SSSR count). The van der Waals surface area contributed by atoms with Gasteiger partial charge in [-0.05, 0) is 0 Å². The lowest BCUT2D eigenvalue weighted by molar-refractivity contribution is -0.117. The highest BCUT2D eigenvalue weighted by Gasteiger charge is 2.09. The molecule has 2 amide bonds. The predicted molar refractivity (Wildman–Crippen MR) is 52.3 cm³/mol. The van der Waals surface area contributed by atoms with Crippen molar-refractivity contribution in [3.05, 3.63) is 6.33 Å². The van der Waals surface area contributed by atoms with E-state index in [4.69, 9.17) is 0 Å². The largest absolute Gasteiger partial charge is 0.453 e. The van der Waals surface area contributed by atoms with Crippen molar-refractivity contribution in [3.63, 3.8) is 0 Å². The number of alkyl carbamates (subject to hydrolysis) is 1. The summed E-state index contributed by atoms with van der Waals surface area (Å²) in [6.45, 7) is 0. The van der Waals surface area contributed by atoms with Gasteiger partial charge in [0.1, 0.15) is 6.33 Å². The van der Waals surface area contributed by atoms with E-state index in [0.29, 0.717) is 5.16 Å². The van der Waals surface area contributed by atoms with Crippen LogP contribution in [0.2, 0.25) is 0 Å². The molecular formula is C7H10N4O3S. The van der Waals surface area contributed by atoms with Crippen LogP contribution >= 0.6 is 11.8 Å². The first-order chi connectivity index (χ1) is 7.13.